The number of aromatic hydroxyl groups is 1. The lowest BCUT2D eigenvalue weighted by Crippen LogP contribution is -3.00. The molecule has 0 saturated carbocycles. The fraction of sp³-hybridized carbons (Fsp3) is 0.559. The third-order valence-electron chi connectivity index (χ3n) is 7.91. The van der Waals surface area contributed by atoms with Crippen molar-refractivity contribution < 1.29 is 36.3 Å². The number of phenols is 1. The summed E-state index contributed by atoms with van der Waals surface area (Å²) in [6.45, 7) is 8.79. The van der Waals surface area contributed by atoms with Gasteiger partial charge in [0.05, 0.1) is 31.3 Å². The van der Waals surface area contributed by atoms with E-state index in [4.69, 9.17) is 14.2 Å². The van der Waals surface area contributed by atoms with Crippen molar-refractivity contribution in [3.8, 4) is 34.3 Å². The molecule has 220 valence electrons. The average molecular weight is 570 g/mol. The van der Waals surface area contributed by atoms with Gasteiger partial charge in [0.1, 0.15) is 0 Å². The Balaban J connectivity index is 0.00000441. The van der Waals surface area contributed by atoms with E-state index >= 15 is 0 Å². The van der Waals surface area contributed by atoms with E-state index in [1.165, 1.54) is 54.3 Å². The molecule has 5 nitrogen and oxygen atoms in total. The predicted molar refractivity (Wildman–Crippen MR) is 159 cm³/mol. The Hall–Kier alpha value is -2.66. The van der Waals surface area contributed by atoms with E-state index in [-0.39, 0.29) is 18.2 Å². The molecule has 1 aromatic heterocycles. The molecule has 0 atom stereocenters. The smallest absolute Gasteiger partial charge is 0.216 e. The van der Waals surface area contributed by atoms with Crippen LogP contribution in [0.15, 0.2) is 30.5 Å². The molecule has 40 heavy (non-hydrogen) atoms. The first-order chi connectivity index (χ1) is 19.1. The molecule has 0 bridgehead atoms. The molecule has 1 N–H and O–H groups in total. The molecule has 0 aliphatic carbocycles. The highest BCUT2D eigenvalue weighted by molar-refractivity contribution is 5.95. The van der Waals surface area contributed by atoms with Gasteiger partial charge in [-0.25, -0.2) is 0 Å². The Morgan fingerprint density at radius 1 is 0.800 bits per heavy atom. The van der Waals surface area contributed by atoms with E-state index in [0.29, 0.717) is 19.0 Å². The number of methoxy groups -OCH3 is 1. The zero-order chi connectivity index (χ0) is 27.6. The standard InChI is InChI=1S/C34H47NO4.ClH/c1-5-8-11-12-13-14-15-27-26-16-17-31(37-4)34(39-21-10-7-3)29(26)24-35-19-18-25-22-32(38-20-9-6-2)30(36)23-28(25)33(27)35;/h16-17,22-24H,5-15,18-21H2,1-4H3;1H. The number of aryl methyl sites for hydroxylation is 3. The molecule has 0 fully saturated rings. The average Bonchev–Trinajstić information content (AvgIpc) is 2.95. The molecule has 4 rings (SSSR count). The Kier molecular flexibility index (Phi) is 12.7. The van der Waals surface area contributed by atoms with Gasteiger partial charge in [0.2, 0.25) is 5.69 Å². The molecule has 6 heteroatoms. The topological polar surface area (TPSA) is 51.8 Å². The van der Waals surface area contributed by atoms with Crippen LogP contribution in [0.5, 0.6) is 23.0 Å². The number of ether oxygens (including phenoxy) is 3. The molecule has 2 aromatic carbocycles. The van der Waals surface area contributed by atoms with E-state index in [0.717, 1.165) is 73.9 Å². The molecular weight excluding hydrogens is 522 g/mol. The van der Waals surface area contributed by atoms with Crippen LogP contribution in [0.25, 0.3) is 22.0 Å². The minimum absolute atomic E-state index is 0. The third kappa shape index (κ3) is 7.34. The Bertz CT molecular complexity index is 1240. The van der Waals surface area contributed by atoms with Crippen LogP contribution in [0, 0.1) is 0 Å². The minimum atomic E-state index is 0. The van der Waals surface area contributed by atoms with Crippen LogP contribution in [0.4, 0.5) is 0 Å². The van der Waals surface area contributed by atoms with Gasteiger partial charge >= 0.3 is 0 Å². The normalized spacial score (nSPS) is 12.0. The summed E-state index contributed by atoms with van der Waals surface area (Å²) in [4.78, 5) is 0. The highest BCUT2D eigenvalue weighted by Gasteiger charge is 2.31. The molecule has 0 unspecified atom stereocenters. The fourth-order valence-corrected chi connectivity index (χ4v) is 5.67. The van der Waals surface area contributed by atoms with Crippen LogP contribution in [0.1, 0.15) is 96.1 Å². The van der Waals surface area contributed by atoms with Crippen molar-refractivity contribution in [1.82, 2.24) is 0 Å². The summed E-state index contributed by atoms with van der Waals surface area (Å²) in [6, 6.07) is 8.25. The number of halogens is 1. The van der Waals surface area contributed by atoms with E-state index in [2.05, 4.69) is 49.7 Å². The van der Waals surface area contributed by atoms with E-state index < -0.39 is 0 Å². The second kappa shape index (κ2) is 16.0. The second-order valence-electron chi connectivity index (χ2n) is 10.9. The molecule has 0 spiro atoms. The highest BCUT2D eigenvalue weighted by atomic mass is 35.5. The van der Waals surface area contributed by atoms with Crippen molar-refractivity contribution in [3.63, 3.8) is 0 Å². The summed E-state index contributed by atoms with van der Waals surface area (Å²) in [5.41, 5.74) is 4.92. The number of unbranched alkanes of at least 4 members (excludes halogenated alkanes) is 7. The molecule has 3 aromatic rings. The molecule has 0 radical (unpaired) electrons. The van der Waals surface area contributed by atoms with Gasteiger partial charge in [0.15, 0.2) is 35.7 Å². The van der Waals surface area contributed by atoms with Crippen LogP contribution < -0.4 is 31.2 Å². The number of hydrogen-bond donors (Lipinski definition) is 1. The summed E-state index contributed by atoms with van der Waals surface area (Å²) in [6.07, 6.45) is 15.8. The zero-order valence-electron chi connectivity index (χ0n) is 25.0. The first-order valence-corrected chi connectivity index (χ1v) is 15.3. The number of phenolic OH excluding ortho intramolecular Hbond substituents is 1. The van der Waals surface area contributed by atoms with Crippen molar-refractivity contribution in [2.24, 2.45) is 0 Å². The summed E-state index contributed by atoms with van der Waals surface area (Å²) in [5, 5.41) is 13.3. The van der Waals surface area contributed by atoms with Crippen molar-refractivity contribution >= 4 is 10.8 Å². The van der Waals surface area contributed by atoms with Crippen molar-refractivity contribution in [3.05, 3.63) is 41.6 Å². The van der Waals surface area contributed by atoms with Gasteiger partial charge in [0.25, 0.3) is 0 Å². The van der Waals surface area contributed by atoms with Crippen molar-refractivity contribution in [2.75, 3.05) is 20.3 Å². The van der Waals surface area contributed by atoms with E-state index in [1.807, 2.05) is 6.07 Å². The molecular formula is C34H48ClNO4. The third-order valence-corrected chi connectivity index (χ3v) is 7.91. The number of nitrogens with zero attached hydrogens (tertiary/aromatic N) is 1. The maximum atomic E-state index is 11.0. The first kappa shape index (κ1) is 31.9. The number of benzene rings is 2. The van der Waals surface area contributed by atoms with Gasteiger partial charge < -0.3 is 31.7 Å². The number of rotatable bonds is 16. The van der Waals surface area contributed by atoms with Crippen LogP contribution >= 0.6 is 0 Å². The summed E-state index contributed by atoms with van der Waals surface area (Å²) < 4.78 is 20.4. The molecule has 0 amide bonds. The summed E-state index contributed by atoms with van der Waals surface area (Å²) in [7, 11) is 1.72. The Morgan fingerprint density at radius 3 is 2.23 bits per heavy atom. The number of aromatic nitrogens is 1. The number of pyridine rings is 1. The second-order valence-corrected chi connectivity index (χ2v) is 10.9. The minimum Gasteiger partial charge on any atom is -1.00 e. The SMILES string of the molecule is CCCCCCCCc1c2[n+](cc3c(OCCCC)c(OC)ccc13)CCc1cc(OCCCC)c(O)cc1-2.[Cl-]. The summed E-state index contributed by atoms with van der Waals surface area (Å²) >= 11 is 0. The number of fused-ring (bicyclic) bond motifs is 4. The van der Waals surface area contributed by atoms with Crippen LogP contribution in [0.3, 0.4) is 0 Å². The maximum absolute atomic E-state index is 11.0. The molecule has 2 heterocycles. The van der Waals surface area contributed by atoms with Gasteiger partial charge in [0, 0.05) is 17.4 Å². The van der Waals surface area contributed by atoms with Gasteiger partial charge in [-0.2, -0.15) is 4.57 Å². The quantitative estimate of drug-likeness (QED) is 0.187. The monoisotopic (exact) mass is 569 g/mol. The lowest BCUT2D eigenvalue weighted by Gasteiger charge is -2.22. The van der Waals surface area contributed by atoms with Crippen LogP contribution in [0.2, 0.25) is 0 Å². The van der Waals surface area contributed by atoms with Crippen molar-refractivity contribution in [2.45, 2.75) is 104 Å². The maximum Gasteiger partial charge on any atom is 0.216 e. The highest BCUT2D eigenvalue weighted by Crippen LogP contribution is 2.43. The predicted octanol–water partition coefficient (Wildman–Crippen LogP) is 5.33. The molecule has 1 aliphatic rings. The zero-order valence-corrected chi connectivity index (χ0v) is 25.7. The van der Waals surface area contributed by atoms with Gasteiger partial charge in [-0.1, -0.05) is 65.7 Å². The lowest BCUT2D eigenvalue weighted by molar-refractivity contribution is -0.686. The van der Waals surface area contributed by atoms with Crippen LogP contribution in [-0.4, -0.2) is 25.4 Å². The number of hydrogen-bond acceptors (Lipinski definition) is 4. The van der Waals surface area contributed by atoms with Gasteiger partial charge in [-0.15, -0.1) is 0 Å². The molecule has 0 saturated heterocycles. The van der Waals surface area contributed by atoms with Gasteiger partial charge in [-0.05, 0) is 55.5 Å². The van der Waals surface area contributed by atoms with E-state index in [9.17, 15) is 5.11 Å². The van der Waals surface area contributed by atoms with Crippen molar-refractivity contribution in [1.29, 1.82) is 0 Å². The summed E-state index contributed by atoms with van der Waals surface area (Å²) in [5.74, 6) is 2.45. The largest absolute Gasteiger partial charge is 1.00 e. The van der Waals surface area contributed by atoms with E-state index in [1.54, 1.807) is 7.11 Å². The Labute approximate surface area is 247 Å². The Morgan fingerprint density at radius 2 is 1.50 bits per heavy atom. The molecule has 1 aliphatic heterocycles. The lowest BCUT2D eigenvalue weighted by atomic mass is 9.89. The fourth-order valence-electron chi connectivity index (χ4n) is 5.67. The first-order valence-electron chi connectivity index (χ1n) is 15.3. The van der Waals surface area contributed by atoms with Gasteiger partial charge in [-0.3, -0.25) is 0 Å². The van der Waals surface area contributed by atoms with Crippen LogP contribution in [-0.2, 0) is 19.4 Å².